The summed E-state index contributed by atoms with van der Waals surface area (Å²) in [5.41, 5.74) is -0.815. The molecule has 3 aromatic rings. The Kier molecular flexibility index (Phi) is 4.29. The van der Waals surface area contributed by atoms with Crippen LogP contribution < -0.4 is 5.32 Å². The Labute approximate surface area is 142 Å². The monoisotopic (exact) mass is 370 g/mol. The molecule has 3 rings (SSSR count). The number of aryl methyl sites for hydroxylation is 1. The topological polar surface area (TPSA) is 59.8 Å². The molecule has 0 aliphatic heterocycles. The lowest BCUT2D eigenvalue weighted by Crippen LogP contribution is -2.11. The number of pyridine rings is 1. The Morgan fingerprint density at radius 3 is 2.68 bits per heavy atom. The minimum atomic E-state index is -4.55. The van der Waals surface area contributed by atoms with Gasteiger partial charge in [0, 0.05) is 13.2 Å². The summed E-state index contributed by atoms with van der Waals surface area (Å²) in [6.45, 7) is 0. The highest BCUT2D eigenvalue weighted by molar-refractivity contribution is 7.17. The van der Waals surface area contributed by atoms with Gasteiger partial charge >= 0.3 is 6.18 Å². The van der Waals surface area contributed by atoms with Crippen LogP contribution in [-0.2, 0) is 13.2 Å². The van der Waals surface area contributed by atoms with Crippen LogP contribution in [0.1, 0.15) is 15.4 Å². The number of alkyl halides is 3. The molecule has 0 saturated heterocycles. The van der Waals surface area contributed by atoms with E-state index in [-0.39, 0.29) is 16.3 Å². The van der Waals surface area contributed by atoms with Crippen molar-refractivity contribution in [3.63, 3.8) is 0 Å². The maximum atomic E-state index is 13.5. The van der Waals surface area contributed by atoms with Crippen molar-refractivity contribution in [1.82, 2.24) is 14.8 Å². The maximum absolute atomic E-state index is 13.5. The lowest BCUT2D eigenvalue weighted by molar-refractivity contribution is -0.141. The summed E-state index contributed by atoms with van der Waals surface area (Å²) in [4.78, 5) is 16.4. The normalized spacial score (nSPS) is 11.6. The molecule has 0 aromatic carbocycles. The summed E-state index contributed by atoms with van der Waals surface area (Å²) in [7, 11) is 1.39. The van der Waals surface area contributed by atoms with Crippen LogP contribution in [0.4, 0.5) is 23.2 Å². The fraction of sp³-hybridized carbons (Fsp3) is 0.133. The third kappa shape index (κ3) is 3.53. The molecule has 1 amide bonds. The molecule has 0 unspecified atom stereocenters. The Hall–Kier alpha value is -2.75. The second-order valence-electron chi connectivity index (χ2n) is 5.01. The highest BCUT2D eigenvalue weighted by atomic mass is 32.1. The van der Waals surface area contributed by atoms with Crippen LogP contribution in [0.25, 0.3) is 10.6 Å². The first-order valence-electron chi connectivity index (χ1n) is 6.88. The van der Waals surface area contributed by atoms with Crippen molar-refractivity contribution in [3.05, 3.63) is 53.0 Å². The summed E-state index contributed by atoms with van der Waals surface area (Å²) in [6, 6.07) is 5.18. The van der Waals surface area contributed by atoms with E-state index in [1.165, 1.54) is 31.4 Å². The van der Waals surface area contributed by atoms with Crippen molar-refractivity contribution in [1.29, 1.82) is 0 Å². The number of carbonyl (C=O) groups is 1. The van der Waals surface area contributed by atoms with Crippen molar-refractivity contribution in [3.8, 4) is 10.6 Å². The van der Waals surface area contributed by atoms with Crippen molar-refractivity contribution in [2.24, 2.45) is 7.05 Å². The van der Waals surface area contributed by atoms with Gasteiger partial charge in [0.15, 0.2) is 11.5 Å². The summed E-state index contributed by atoms with van der Waals surface area (Å²) in [6.07, 6.45) is -2.26. The molecule has 3 heterocycles. The second kappa shape index (κ2) is 6.28. The van der Waals surface area contributed by atoms with Crippen LogP contribution in [0.5, 0.6) is 0 Å². The maximum Gasteiger partial charge on any atom is 0.435 e. The van der Waals surface area contributed by atoms with Crippen molar-refractivity contribution in [2.75, 3.05) is 5.32 Å². The van der Waals surface area contributed by atoms with Crippen LogP contribution in [0.15, 0.2) is 36.7 Å². The zero-order chi connectivity index (χ0) is 18.2. The summed E-state index contributed by atoms with van der Waals surface area (Å²) >= 11 is 0.979. The number of hydrogen-bond donors (Lipinski definition) is 1. The number of nitrogens with zero attached hydrogens (tertiary/aromatic N) is 3. The minimum Gasteiger partial charge on any atom is -0.319 e. The molecule has 10 heteroatoms. The van der Waals surface area contributed by atoms with Crippen LogP contribution >= 0.6 is 11.3 Å². The van der Waals surface area contributed by atoms with Gasteiger partial charge in [-0.3, -0.25) is 14.5 Å². The van der Waals surface area contributed by atoms with Gasteiger partial charge in [0.2, 0.25) is 0 Å². The molecule has 1 N–H and O–H groups in total. The highest BCUT2D eigenvalue weighted by Crippen LogP contribution is 2.34. The van der Waals surface area contributed by atoms with Gasteiger partial charge < -0.3 is 5.32 Å². The number of anilines is 1. The van der Waals surface area contributed by atoms with Crippen molar-refractivity contribution in [2.45, 2.75) is 6.18 Å². The summed E-state index contributed by atoms with van der Waals surface area (Å²) in [5, 5.41) is 5.82. The minimum absolute atomic E-state index is 0.0326. The standard InChI is InChI=1S/C15H10F4N4OS/c1-23-10(6-13(22-23)15(17,18)19)11-2-3-12(25-11)14(24)21-9-4-5-20-7-8(9)16/h2-7H,1H3,(H,20,21,24). The lowest BCUT2D eigenvalue weighted by atomic mass is 10.3. The molecular weight excluding hydrogens is 360 g/mol. The Morgan fingerprint density at radius 2 is 2.04 bits per heavy atom. The van der Waals surface area contributed by atoms with E-state index in [0.717, 1.165) is 28.3 Å². The molecule has 25 heavy (non-hydrogen) atoms. The lowest BCUT2D eigenvalue weighted by Gasteiger charge is -2.03. The zero-order valence-electron chi connectivity index (χ0n) is 12.6. The Bertz CT molecular complexity index is 932. The smallest absolute Gasteiger partial charge is 0.319 e. The number of aromatic nitrogens is 3. The predicted molar refractivity (Wildman–Crippen MR) is 83.7 cm³/mol. The fourth-order valence-electron chi connectivity index (χ4n) is 2.09. The molecule has 0 aliphatic carbocycles. The van der Waals surface area contributed by atoms with E-state index in [0.29, 0.717) is 4.88 Å². The van der Waals surface area contributed by atoms with Gasteiger partial charge in [-0.05, 0) is 24.3 Å². The van der Waals surface area contributed by atoms with E-state index in [9.17, 15) is 22.4 Å². The molecule has 0 fully saturated rings. The number of hydrogen-bond acceptors (Lipinski definition) is 4. The first kappa shape index (κ1) is 17.1. The largest absolute Gasteiger partial charge is 0.435 e. The molecule has 0 saturated carbocycles. The van der Waals surface area contributed by atoms with Gasteiger partial charge in [0.1, 0.15) is 0 Å². The van der Waals surface area contributed by atoms with Crippen molar-refractivity contribution >= 4 is 22.9 Å². The highest BCUT2D eigenvalue weighted by Gasteiger charge is 2.34. The summed E-state index contributed by atoms with van der Waals surface area (Å²) < 4.78 is 52.8. The van der Waals surface area contributed by atoms with Crippen LogP contribution in [0.3, 0.4) is 0 Å². The predicted octanol–water partition coefficient (Wildman–Crippen LogP) is 3.95. The van der Waals surface area contributed by atoms with Crippen LogP contribution in [0, 0.1) is 5.82 Å². The van der Waals surface area contributed by atoms with E-state index in [4.69, 9.17) is 0 Å². The molecule has 3 aromatic heterocycles. The zero-order valence-corrected chi connectivity index (χ0v) is 13.5. The molecule has 5 nitrogen and oxygen atoms in total. The van der Waals surface area contributed by atoms with Gasteiger partial charge in [0.25, 0.3) is 5.91 Å². The molecule has 130 valence electrons. The SMILES string of the molecule is Cn1nc(C(F)(F)F)cc1-c1ccc(C(=O)Nc2ccncc2F)s1. The first-order chi connectivity index (χ1) is 11.8. The first-order valence-corrected chi connectivity index (χ1v) is 7.69. The van der Waals surface area contributed by atoms with E-state index in [1.54, 1.807) is 0 Å². The third-order valence-electron chi connectivity index (χ3n) is 3.27. The van der Waals surface area contributed by atoms with Gasteiger partial charge in [-0.15, -0.1) is 11.3 Å². The number of amides is 1. The number of halogens is 4. The number of carbonyl (C=O) groups excluding carboxylic acids is 1. The van der Waals surface area contributed by atoms with E-state index in [2.05, 4.69) is 15.4 Å². The Morgan fingerprint density at radius 1 is 1.28 bits per heavy atom. The number of rotatable bonds is 3. The average Bonchev–Trinajstić information content (AvgIpc) is 3.15. The summed E-state index contributed by atoms with van der Waals surface area (Å²) in [5.74, 6) is -1.26. The molecular formula is C15H10F4N4OS. The fourth-order valence-corrected chi connectivity index (χ4v) is 3.04. The second-order valence-corrected chi connectivity index (χ2v) is 6.09. The van der Waals surface area contributed by atoms with E-state index in [1.807, 2.05) is 0 Å². The molecule has 0 radical (unpaired) electrons. The van der Waals surface area contributed by atoms with Crippen LogP contribution in [0.2, 0.25) is 0 Å². The number of thiophene rings is 1. The van der Waals surface area contributed by atoms with Gasteiger partial charge in [0.05, 0.1) is 27.3 Å². The molecule has 0 aliphatic rings. The van der Waals surface area contributed by atoms with Crippen LogP contribution in [-0.4, -0.2) is 20.7 Å². The number of nitrogens with one attached hydrogen (secondary N) is 1. The van der Waals surface area contributed by atoms with Crippen molar-refractivity contribution < 1.29 is 22.4 Å². The third-order valence-corrected chi connectivity index (χ3v) is 4.38. The average molecular weight is 370 g/mol. The van der Waals surface area contributed by atoms with Gasteiger partial charge in [-0.25, -0.2) is 4.39 Å². The molecule has 0 atom stereocenters. The Balaban J connectivity index is 1.84. The van der Waals surface area contributed by atoms with Gasteiger partial charge in [-0.1, -0.05) is 0 Å². The molecule has 0 spiro atoms. The van der Waals surface area contributed by atoms with E-state index >= 15 is 0 Å². The van der Waals surface area contributed by atoms with Gasteiger partial charge in [-0.2, -0.15) is 18.3 Å². The quantitative estimate of drug-likeness (QED) is 0.710. The molecule has 0 bridgehead atoms. The van der Waals surface area contributed by atoms with E-state index < -0.39 is 23.6 Å².